The van der Waals surface area contributed by atoms with Gasteiger partial charge in [-0.3, -0.25) is 14.6 Å². The van der Waals surface area contributed by atoms with Crippen LogP contribution < -0.4 is 15.8 Å². The van der Waals surface area contributed by atoms with Gasteiger partial charge in [-0.05, 0) is 44.0 Å². The lowest BCUT2D eigenvalue weighted by atomic mass is 10.1. The number of rotatable bonds is 14. The van der Waals surface area contributed by atoms with E-state index >= 15 is 0 Å². The van der Waals surface area contributed by atoms with Gasteiger partial charge in [-0.2, -0.15) is 0 Å². The second-order valence-electron chi connectivity index (χ2n) is 9.61. The van der Waals surface area contributed by atoms with E-state index < -0.39 is 6.04 Å². The number of carbonyl (C=O) groups excluding carboxylic acids is 1. The number of nitrogens with zero attached hydrogens (tertiary/aromatic N) is 3. The van der Waals surface area contributed by atoms with E-state index in [2.05, 4.69) is 27.1 Å². The van der Waals surface area contributed by atoms with Gasteiger partial charge in [0.25, 0.3) is 0 Å². The number of nitrogens with two attached hydrogens (primary N) is 1. The molecule has 2 aliphatic rings. The van der Waals surface area contributed by atoms with Crippen molar-refractivity contribution in [1.29, 1.82) is 0 Å². The van der Waals surface area contributed by atoms with Crippen LogP contribution in [0, 0.1) is 0 Å². The molecule has 2 saturated heterocycles. The van der Waals surface area contributed by atoms with Crippen molar-refractivity contribution in [3.05, 3.63) is 29.8 Å². The number of hydrogen-bond donors (Lipinski definition) is 2. The van der Waals surface area contributed by atoms with Gasteiger partial charge in [0.15, 0.2) is 0 Å². The van der Waals surface area contributed by atoms with Crippen LogP contribution in [0.25, 0.3) is 0 Å². The molecule has 35 heavy (non-hydrogen) atoms. The highest BCUT2D eigenvalue weighted by molar-refractivity contribution is 5.81. The molecule has 2 heterocycles. The van der Waals surface area contributed by atoms with Crippen LogP contribution in [0.3, 0.4) is 0 Å². The Morgan fingerprint density at radius 2 is 1.89 bits per heavy atom. The zero-order chi connectivity index (χ0) is 24.9. The molecule has 1 amide bonds. The van der Waals surface area contributed by atoms with E-state index in [0.717, 1.165) is 89.8 Å². The molecule has 0 radical (unpaired) electrons. The molecule has 9 heteroatoms. The number of amides is 1. The summed E-state index contributed by atoms with van der Waals surface area (Å²) in [6.45, 7) is 10.3. The molecule has 0 bridgehead atoms. The molecule has 2 aliphatic heterocycles. The first-order chi connectivity index (χ1) is 17.0. The van der Waals surface area contributed by atoms with E-state index in [1.165, 1.54) is 0 Å². The van der Waals surface area contributed by atoms with Gasteiger partial charge in [0, 0.05) is 78.7 Å². The van der Waals surface area contributed by atoms with Gasteiger partial charge in [-0.15, -0.1) is 0 Å². The second-order valence-corrected chi connectivity index (χ2v) is 9.61. The van der Waals surface area contributed by atoms with E-state index in [1.807, 2.05) is 24.3 Å². The van der Waals surface area contributed by atoms with Crippen LogP contribution in [0.1, 0.15) is 24.8 Å². The summed E-state index contributed by atoms with van der Waals surface area (Å²) in [7, 11) is 3.89. The van der Waals surface area contributed by atoms with Crippen LogP contribution in [0.2, 0.25) is 0 Å². The van der Waals surface area contributed by atoms with Gasteiger partial charge in [-0.1, -0.05) is 12.1 Å². The third kappa shape index (κ3) is 10.0. The summed E-state index contributed by atoms with van der Waals surface area (Å²) >= 11 is 0. The lowest BCUT2D eigenvalue weighted by Crippen LogP contribution is -2.49. The van der Waals surface area contributed by atoms with E-state index in [-0.39, 0.29) is 5.91 Å². The van der Waals surface area contributed by atoms with Gasteiger partial charge in [-0.25, -0.2) is 0 Å². The van der Waals surface area contributed by atoms with Crippen molar-refractivity contribution in [2.24, 2.45) is 5.73 Å². The summed E-state index contributed by atoms with van der Waals surface area (Å²) in [5, 5.41) is 2.98. The van der Waals surface area contributed by atoms with Crippen molar-refractivity contribution in [1.82, 2.24) is 20.0 Å². The lowest BCUT2D eigenvalue weighted by molar-refractivity contribution is -0.122. The standard InChI is InChI=1S/C26H45N5O4/c1-29(23-7-16-34-17-8-23)14-19-35-24-5-3-4-22(20-24)21-28-26(32)25(27)6-9-30-10-12-31(13-11-30)15-18-33-2/h3-5,20,23,25H,6-19,21,27H2,1-2H3,(H,28,32). The Hall–Kier alpha value is -1.75. The molecule has 198 valence electrons. The Balaban J connectivity index is 1.31. The quantitative estimate of drug-likeness (QED) is 0.394. The second kappa shape index (κ2) is 15.4. The minimum absolute atomic E-state index is 0.104. The van der Waals surface area contributed by atoms with Crippen LogP contribution in [0.4, 0.5) is 0 Å². The van der Waals surface area contributed by atoms with Gasteiger partial charge < -0.3 is 30.2 Å². The number of methoxy groups -OCH3 is 1. The smallest absolute Gasteiger partial charge is 0.237 e. The highest BCUT2D eigenvalue weighted by atomic mass is 16.5. The molecule has 1 aromatic rings. The Morgan fingerprint density at radius 1 is 1.17 bits per heavy atom. The molecule has 0 aliphatic carbocycles. The fraction of sp³-hybridized carbons (Fsp3) is 0.731. The molecule has 0 saturated carbocycles. The summed E-state index contributed by atoms with van der Waals surface area (Å²) in [6, 6.07) is 7.98. The van der Waals surface area contributed by atoms with E-state index in [1.54, 1.807) is 7.11 Å². The monoisotopic (exact) mass is 491 g/mol. The molecule has 1 aromatic carbocycles. The largest absolute Gasteiger partial charge is 0.492 e. The predicted octanol–water partition coefficient (Wildman–Crippen LogP) is 0.774. The Morgan fingerprint density at radius 3 is 2.60 bits per heavy atom. The van der Waals surface area contributed by atoms with Crippen molar-refractivity contribution >= 4 is 5.91 Å². The van der Waals surface area contributed by atoms with Crippen LogP contribution in [-0.4, -0.2) is 119 Å². The zero-order valence-corrected chi connectivity index (χ0v) is 21.6. The minimum atomic E-state index is -0.498. The van der Waals surface area contributed by atoms with Crippen molar-refractivity contribution in [3.8, 4) is 5.75 Å². The maximum absolute atomic E-state index is 12.5. The number of likely N-dealkylation sites (N-methyl/N-ethyl adjacent to an activating group) is 1. The third-order valence-corrected chi connectivity index (χ3v) is 7.06. The topological polar surface area (TPSA) is 92.5 Å². The van der Waals surface area contributed by atoms with Gasteiger partial charge >= 0.3 is 0 Å². The highest BCUT2D eigenvalue weighted by Crippen LogP contribution is 2.15. The molecule has 0 spiro atoms. The van der Waals surface area contributed by atoms with Crippen LogP contribution in [0.5, 0.6) is 5.75 Å². The SMILES string of the molecule is COCCN1CCN(CCC(N)C(=O)NCc2cccc(OCCN(C)C3CCOCC3)c2)CC1. The van der Waals surface area contributed by atoms with Crippen molar-refractivity contribution in [2.75, 3.05) is 86.4 Å². The first kappa shape index (κ1) is 27.8. The molecule has 0 aromatic heterocycles. The summed E-state index contributed by atoms with van der Waals surface area (Å²) in [5.74, 6) is 0.721. The number of benzene rings is 1. The fourth-order valence-electron chi connectivity index (χ4n) is 4.59. The predicted molar refractivity (Wildman–Crippen MR) is 138 cm³/mol. The van der Waals surface area contributed by atoms with Crippen LogP contribution in [-0.2, 0) is 20.8 Å². The molecule has 9 nitrogen and oxygen atoms in total. The average molecular weight is 492 g/mol. The Labute approximate surface area is 210 Å². The maximum atomic E-state index is 12.5. The van der Waals surface area contributed by atoms with Crippen LogP contribution in [0.15, 0.2) is 24.3 Å². The van der Waals surface area contributed by atoms with Crippen LogP contribution >= 0.6 is 0 Å². The molecular weight excluding hydrogens is 446 g/mol. The molecule has 3 N–H and O–H groups in total. The normalized spacial score (nSPS) is 19.1. The summed E-state index contributed by atoms with van der Waals surface area (Å²) in [5.41, 5.74) is 7.18. The number of nitrogens with one attached hydrogen (secondary N) is 1. The number of piperazine rings is 1. The van der Waals surface area contributed by atoms with E-state index in [9.17, 15) is 4.79 Å². The van der Waals surface area contributed by atoms with Gasteiger partial charge in [0.1, 0.15) is 12.4 Å². The third-order valence-electron chi connectivity index (χ3n) is 7.06. The van der Waals surface area contributed by atoms with Gasteiger partial charge in [0.2, 0.25) is 5.91 Å². The summed E-state index contributed by atoms with van der Waals surface area (Å²) in [6.07, 6.45) is 2.83. The number of ether oxygens (including phenoxy) is 3. The highest BCUT2D eigenvalue weighted by Gasteiger charge is 2.20. The molecule has 3 rings (SSSR count). The minimum Gasteiger partial charge on any atom is -0.492 e. The number of carbonyl (C=O) groups is 1. The lowest BCUT2D eigenvalue weighted by Gasteiger charge is -2.34. The molecule has 2 fully saturated rings. The zero-order valence-electron chi connectivity index (χ0n) is 21.6. The molecule has 1 unspecified atom stereocenters. The van der Waals surface area contributed by atoms with Crippen molar-refractivity contribution in [2.45, 2.75) is 37.9 Å². The Bertz CT molecular complexity index is 738. The van der Waals surface area contributed by atoms with E-state index in [4.69, 9.17) is 19.9 Å². The fourth-order valence-corrected chi connectivity index (χ4v) is 4.59. The first-order valence-corrected chi connectivity index (χ1v) is 13.0. The van der Waals surface area contributed by atoms with Crippen molar-refractivity contribution in [3.63, 3.8) is 0 Å². The van der Waals surface area contributed by atoms with E-state index in [0.29, 0.717) is 25.6 Å². The van der Waals surface area contributed by atoms with Gasteiger partial charge in [0.05, 0.1) is 12.6 Å². The summed E-state index contributed by atoms with van der Waals surface area (Å²) < 4.78 is 16.6. The number of hydrogen-bond acceptors (Lipinski definition) is 8. The average Bonchev–Trinajstić information content (AvgIpc) is 2.90. The molecular formula is C26H45N5O4. The molecule has 1 atom stereocenters. The first-order valence-electron chi connectivity index (χ1n) is 13.0. The Kier molecular flexibility index (Phi) is 12.2. The maximum Gasteiger partial charge on any atom is 0.237 e. The summed E-state index contributed by atoms with van der Waals surface area (Å²) in [4.78, 5) is 19.7. The van der Waals surface area contributed by atoms with Crippen molar-refractivity contribution < 1.29 is 19.0 Å².